The van der Waals surface area contributed by atoms with Gasteiger partial charge in [0.05, 0.1) is 42.1 Å². The Morgan fingerprint density at radius 3 is 2.59 bits per heavy atom. The van der Waals surface area contributed by atoms with Gasteiger partial charge in [-0.2, -0.15) is 10.2 Å². The number of ether oxygens (including phenoxy) is 1. The molecule has 0 aliphatic carbocycles. The average Bonchev–Trinajstić information content (AvgIpc) is 3.28. The largest absolute Gasteiger partial charge is 0.478 e. The van der Waals surface area contributed by atoms with Crippen LogP contribution >= 0.6 is 0 Å². The molecule has 0 atom stereocenters. The van der Waals surface area contributed by atoms with Crippen LogP contribution in [0.15, 0.2) is 30.7 Å². The second kappa shape index (κ2) is 9.48. The SMILES string of the molecule is COCCn1nc(-c2ccc(F)cn2)c(C)c1Cc1cc(-n2nc(C)c(C(=O)O)c2C)ncn1. The number of carboxylic acids is 1. The lowest BCUT2D eigenvalue weighted by atomic mass is 10.1. The molecule has 0 saturated carbocycles. The standard InChI is InChI=1S/C23H24FN7O3/c1-13-19(30(7-8-34-4)29-22(13)18-6-5-16(24)11-25-18)9-17-10-20(27-12-26-17)31-15(3)21(23(32)33)14(2)28-31/h5-6,10-12H,7-9H2,1-4H3,(H,32,33). The highest BCUT2D eigenvalue weighted by atomic mass is 19.1. The number of halogens is 1. The van der Waals surface area contributed by atoms with Gasteiger partial charge in [-0.3, -0.25) is 9.67 Å². The number of rotatable bonds is 8. The predicted octanol–water partition coefficient (Wildman–Crippen LogP) is 2.92. The molecule has 0 fully saturated rings. The summed E-state index contributed by atoms with van der Waals surface area (Å²) in [6.07, 6.45) is 3.03. The molecule has 0 radical (unpaired) electrons. The minimum absolute atomic E-state index is 0.157. The highest BCUT2D eigenvalue weighted by molar-refractivity contribution is 5.90. The van der Waals surface area contributed by atoms with Gasteiger partial charge >= 0.3 is 5.97 Å². The number of pyridine rings is 1. The number of carboxylic acid groups (broad SMARTS) is 1. The molecule has 4 aromatic heterocycles. The van der Waals surface area contributed by atoms with Crippen molar-refractivity contribution in [2.24, 2.45) is 0 Å². The van der Waals surface area contributed by atoms with Gasteiger partial charge in [0.2, 0.25) is 0 Å². The first kappa shape index (κ1) is 23.2. The number of hydrogen-bond donors (Lipinski definition) is 1. The zero-order valence-electron chi connectivity index (χ0n) is 19.3. The summed E-state index contributed by atoms with van der Waals surface area (Å²) >= 11 is 0. The van der Waals surface area contributed by atoms with Crippen LogP contribution < -0.4 is 0 Å². The number of methoxy groups -OCH3 is 1. The number of aromatic carboxylic acids is 1. The van der Waals surface area contributed by atoms with Crippen LogP contribution in [0.5, 0.6) is 0 Å². The Hall–Kier alpha value is -3.99. The Morgan fingerprint density at radius 1 is 1.15 bits per heavy atom. The fourth-order valence-electron chi connectivity index (χ4n) is 3.88. The fourth-order valence-corrected chi connectivity index (χ4v) is 3.88. The van der Waals surface area contributed by atoms with Gasteiger partial charge in [-0.05, 0) is 32.9 Å². The van der Waals surface area contributed by atoms with Gasteiger partial charge in [0.25, 0.3) is 0 Å². The van der Waals surface area contributed by atoms with Crippen molar-refractivity contribution in [3.63, 3.8) is 0 Å². The molecule has 0 amide bonds. The third kappa shape index (κ3) is 4.42. The maximum Gasteiger partial charge on any atom is 0.339 e. The number of hydrogen-bond acceptors (Lipinski definition) is 7. The minimum Gasteiger partial charge on any atom is -0.478 e. The molecule has 4 heterocycles. The molecule has 4 aromatic rings. The van der Waals surface area contributed by atoms with Crippen LogP contribution in [-0.2, 0) is 17.7 Å². The summed E-state index contributed by atoms with van der Waals surface area (Å²) in [4.78, 5) is 24.4. The van der Waals surface area contributed by atoms with E-state index in [9.17, 15) is 14.3 Å². The van der Waals surface area contributed by atoms with Crippen molar-refractivity contribution in [3.8, 4) is 17.2 Å². The lowest BCUT2D eigenvalue weighted by Gasteiger charge is -2.09. The Labute approximate surface area is 195 Å². The highest BCUT2D eigenvalue weighted by Gasteiger charge is 2.21. The van der Waals surface area contributed by atoms with Gasteiger partial charge in [0.1, 0.15) is 23.4 Å². The third-order valence-corrected chi connectivity index (χ3v) is 5.58. The third-order valence-electron chi connectivity index (χ3n) is 5.58. The van der Waals surface area contributed by atoms with Crippen LogP contribution in [0.3, 0.4) is 0 Å². The summed E-state index contributed by atoms with van der Waals surface area (Å²) in [6.45, 7) is 6.26. The Balaban J connectivity index is 1.72. The molecule has 0 unspecified atom stereocenters. The molecular formula is C23H24FN7O3. The van der Waals surface area contributed by atoms with Crippen molar-refractivity contribution in [1.82, 2.24) is 34.5 Å². The van der Waals surface area contributed by atoms with Crippen LogP contribution in [0.25, 0.3) is 17.2 Å². The highest BCUT2D eigenvalue weighted by Crippen LogP contribution is 2.25. The molecule has 0 bridgehead atoms. The predicted molar refractivity (Wildman–Crippen MR) is 120 cm³/mol. The van der Waals surface area contributed by atoms with Crippen molar-refractivity contribution in [2.45, 2.75) is 33.7 Å². The first-order valence-corrected chi connectivity index (χ1v) is 10.6. The number of aryl methyl sites for hydroxylation is 1. The first-order valence-electron chi connectivity index (χ1n) is 10.6. The normalized spacial score (nSPS) is 11.2. The van der Waals surface area contributed by atoms with Gasteiger partial charge in [0.15, 0.2) is 5.82 Å². The smallest absolute Gasteiger partial charge is 0.339 e. The first-order chi connectivity index (χ1) is 16.3. The van der Waals surface area contributed by atoms with Crippen molar-refractivity contribution in [3.05, 3.63) is 70.4 Å². The maximum absolute atomic E-state index is 13.4. The lowest BCUT2D eigenvalue weighted by molar-refractivity contribution is 0.0695. The van der Waals surface area contributed by atoms with Gasteiger partial charge in [0, 0.05) is 30.9 Å². The molecule has 1 N–H and O–H groups in total. The fraction of sp³-hybridized carbons (Fsp3) is 0.304. The topological polar surface area (TPSA) is 121 Å². The molecule has 0 aliphatic heterocycles. The second-order valence-corrected chi connectivity index (χ2v) is 7.80. The van der Waals surface area contributed by atoms with E-state index in [1.54, 1.807) is 33.1 Å². The summed E-state index contributed by atoms with van der Waals surface area (Å²) in [5.74, 6) is -0.974. The van der Waals surface area contributed by atoms with Crippen LogP contribution in [0.4, 0.5) is 4.39 Å². The molecule has 0 aliphatic rings. The van der Waals surface area contributed by atoms with Gasteiger partial charge in [-0.1, -0.05) is 0 Å². The molecule has 11 heteroatoms. The Kier molecular flexibility index (Phi) is 6.46. The van der Waals surface area contributed by atoms with Gasteiger partial charge in [-0.25, -0.2) is 23.8 Å². The molecule has 0 saturated heterocycles. The van der Waals surface area contributed by atoms with E-state index >= 15 is 0 Å². The molecular weight excluding hydrogens is 441 g/mol. The summed E-state index contributed by atoms with van der Waals surface area (Å²) < 4.78 is 21.9. The van der Waals surface area contributed by atoms with Crippen LogP contribution in [-0.4, -0.2) is 59.3 Å². The van der Waals surface area contributed by atoms with Crippen LogP contribution in [0, 0.1) is 26.6 Å². The van der Waals surface area contributed by atoms with E-state index in [4.69, 9.17) is 9.84 Å². The summed E-state index contributed by atoms with van der Waals surface area (Å²) in [6, 6.07) is 4.72. The van der Waals surface area contributed by atoms with Gasteiger partial charge in [-0.15, -0.1) is 0 Å². The number of carbonyl (C=O) groups is 1. The molecule has 176 valence electrons. The summed E-state index contributed by atoms with van der Waals surface area (Å²) in [5, 5.41) is 18.5. The number of aromatic nitrogens is 7. The van der Waals surface area contributed by atoms with E-state index in [-0.39, 0.29) is 5.56 Å². The van der Waals surface area contributed by atoms with E-state index in [1.807, 2.05) is 11.6 Å². The summed E-state index contributed by atoms with van der Waals surface area (Å²) in [5.41, 5.74) is 4.79. The summed E-state index contributed by atoms with van der Waals surface area (Å²) in [7, 11) is 1.62. The monoisotopic (exact) mass is 465 g/mol. The van der Waals surface area contributed by atoms with Crippen LogP contribution in [0.2, 0.25) is 0 Å². The maximum atomic E-state index is 13.4. The van der Waals surface area contributed by atoms with E-state index in [0.717, 1.165) is 11.3 Å². The van der Waals surface area contributed by atoms with Crippen molar-refractivity contribution in [2.75, 3.05) is 13.7 Å². The quantitative estimate of drug-likeness (QED) is 0.422. The van der Waals surface area contributed by atoms with Crippen molar-refractivity contribution in [1.29, 1.82) is 0 Å². The van der Waals surface area contributed by atoms with E-state index in [1.165, 1.54) is 23.3 Å². The minimum atomic E-state index is -1.03. The second-order valence-electron chi connectivity index (χ2n) is 7.80. The van der Waals surface area contributed by atoms with Crippen molar-refractivity contribution >= 4 is 5.97 Å². The van der Waals surface area contributed by atoms with Crippen LogP contribution in [0.1, 0.15) is 38.7 Å². The zero-order valence-corrected chi connectivity index (χ0v) is 19.3. The molecule has 34 heavy (non-hydrogen) atoms. The van der Waals surface area contributed by atoms with E-state index < -0.39 is 11.8 Å². The molecule has 0 aromatic carbocycles. The molecule has 4 rings (SSSR count). The van der Waals surface area contributed by atoms with Crippen molar-refractivity contribution < 1.29 is 19.0 Å². The molecule has 10 nitrogen and oxygen atoms in total. The van der Waals surface area contributed by atoms with Gasteiger partial charge < -0.3 is 9.84 Å². The Morgan fingerprint density at radius 2 is 1.94 bits per heavy atom. The van der Waals surface area contributed by atoms with E-state index in [0.29, 0.717) is 53.9 Å². The zero-order chi connectivity index (χ0) is 24.4. The number of nitrogens with zero attached hydrogens (tertiary/aromatic N) is 7. The average molecular weight is 465 g/mol. The Bertz CT molecular complexity index is 1350. The molecule has 0 spiro atoms. The van der Waals surface area contributed by atoms with E-state index in [2.05, 4.69) is 20.1 Å². The lowest BCUT2D eigenvalue weighted by Crippen LogP contribution is -2.11.